The molecule has 3 aromatic rings. The Balaban J connectivity index is 1.83. The Morgan fingerprint density at radius 1 is 0.762 bits per heavy atom. The van der Waals surface area contributed by atoms with Gasteiger partial charge in [-0.3, -0.25) is 0 Å². The van der Waals surface area contributed by atoms with Gasteiger partial charge in [0.2, 0.25) is 0 Å². The molecule has 0 saturated carbocycles. The standard InChI is InChI=1S/C16H11BBr2N2/c18-12-7-11(8-13(19)9-12)17-20-14-5-1-3-10-4-2-6-15(21-17)16(10)14/h1-9,20-21H. The third-order valence-corrected chi connectivity index (χ3v) is 4.64. The highest BCUT2D eigenvalue weighted by atomic mass is 79.9. The van der Waals surface area contributed by atoms with Gasteiger partial charge in [0, 0.05) is 25.7 Å². The van der Waals surface area contributed by atoms with Crippen LogP contribution in [0.5, 0.6) is 0 Å². The first-order chi connectivity index (χ1) is 10.2. The van der Waals surface area contributed by atoms with E-state index in [4.69, 9.17) is 0 Å². The number of hydrogen-bond acceptors (Lipinski definition) is 2. The van der Waals surface area contributed by atoms with Gasteiger partial charge < -0.3 is 10.5 Å². The quantitative estimate of drug-likeness (QED) is 0.582. The maximum atomic E-state index is 3.58. The SMILES string of the molecule is Brc1cc(Br)cc(B2Nc3cccc4cccc(c34)N2)c1. The molecule has 4 rings (SSSR count). The van der Waals surface area contributed by atoms with E-state index < -0.39 is 0 Å². The van der Waals surface area contributed by atoms with Crippen LogP contribution < -0.4 is 15.9 Å². The lowest BCUT2D eigenvalue weighted by atomic mass is 9.66. The largest absolute Gasteiger partial charge is 0.406 e. The number of benzene rings is 3. The highest BCUT2D eigenvalue weighted by Crippen LogP contribution is 2.33. The molecular formula is C16H11BBr2N2. The number of anilines is 2. The van der Waals surface area contributed by atoms with E-state index in [1.807, 2.05) is 6.07 Å². The van der Waals surface area contributed by atoms with Crippen LogP contribution in [0.15, 0.2) is 63.5 Å². The summed E-state index contributed by atoms with van der Waals surface area (Å²) in [5, 5.41) is 9.66. The summed E-state index contributed by atoms with van der Waals surface area (Å²) in [5.74, 6) is 0. The number of hydrogen-bond donors (Lipinski definition) is 2. The monoisotopic (exact) mass is 400 g/mol. The zero-order valence-corrected chi connectivity index (χ0v) is 14.2. The van der Waals surface area contributed by atoms with Crippen LogP contribution in [0.25, 0.3) is 10.8 Å². The van der Waals surface area contributed by atoms with E-state index in [0.29, 0.717) is 0 Å². The van der Waals surface area contributed by atoms with Crippen LogP contribution in [0.4, 0.5) is 11.4 Å². The summed E-state index contributed by atoms with van der Waals surface area (Å²) in [4.78, 5) is 0. The minimum atomic E-state index is 0.0549. The summed E-state index contributed by atoms with van der Waals surface area (Å²) in [7, 11) is 0. The van der Waals surface area contributed by atoms with Crippen LogP contribution in [-0.4, -0.2) is 6.98 Å². The summed E-state index contributed by atoms with van der Waals surface area (Å²) in [6, 6.07) is 19.0. The first-order valence-corrected chi connectivity index (χ1v) is 8.30. The van der Waals surface area contributed by atoms with E-state index in [-0.39, 0.29) is 6.98 Å². The number of halogens is 2. The van der Waals surface area contributed by atoms with Gasteiger partial charge in [-0.15, -0.1) is 0 Å². The summed E-state index contributed by atoms with van der Waals surface area (Å²) < 4.78 is 2.13. The minimum Gasteiger partial charge on any atom is -0.405 e. The van der Waals surface area contributed by atoms with E-state index in [1.54, 1.807) is 0 Å². The lowest BCUT2D eigenvalue weighted by Crippen LogP contribution is -2.47. The zero-order chi connectivity index (χ0) is 14.4. The van der Waals surface area contributed by atoms with Crippen molar-refractivity contribution in [3.63, 3.8) is 0 Å². The van der Waals surface area contributed by atoms with Crippen molar-refractivity contribution in [3.8, 4) is 0 Å². The third-order valence-electron chi connectivity index (χ3n) is 3.72. The molecule has 0 aromatic heterocycles. The smallest absolute Gasteiger partial charge is 0.405 e. The Bertz CT molecular complexity index is 790. The zero-order valence-electron chi connectivity index (χ0n) is 11.0. The van der Waals surface area contributed by atoms with E-state index in [0.717, 1.165) is 8.95 Å². The molecule has 3 aromatic carbocycles. The molecule has 0 atom stereocenters. The molecule has 0 aliphatic carbocycles. The Morgan fingerprint density at radius 3 is 1.90 bits per heavy atom. The van der Waals surface area contributed by atoms with Crippen molar-refractivity contribution >= 4 is 66.5 Å². The lowest BCUT2D eigenvalue weighted by molar-refractivity contribution is 1.58. The molecule has 0 amide bonds. The Hall–Kier alpha value is -1.46. The van der Waals surface area contributed by atoms with Crippen LogP contribution in [0.2, 0.25) is 0 Å². The second kappa shape index (κ2) is 5.07. The molecule has 2 nitrogen and oxygen atoms in total. The van der Waals surface area contributed by atoms with E-state index >= 15 is 0 Å². The summed E-state index contributed by atoms with van der Waals surface area (Å²) in [5.41, 5.74) is 3.52. The van der Waals surface area contributed by atoms with Crippen molar-refractivity contribution in [2.24, 2.45) is 0 Å². The van der Waals surface area contributed by atoms with Crippen LogP contribution in [0, 0.1) is 0 Å². The van der Waals surface area contributed by atoms with Gasteiger partial charge in [-0.1, -0.05) is 56.1 Å². The summed E-state index contributed by atoms with van der Waals surface area (Å²) in [6.45, 7) is 0.0549. The predicted octanol–water partition coefficient (Wildman–Crippen LogP) is 4.60. The number of nitrogens with one attached hydrogen (secondary N) is 2. The molecule has 0 radical (unpaired) electrons. The average Bonchev–Trinajstić information content (AvgIpc) is 2.47. The number of rotatable bonds is 1. The van der Waals surface area contributed by atoms with E-state index in [2.05, 4.69) is 90.8 Å². The van der Waals surface area contributed by atoms with Crippen molar-refractivity contribution in [1.29, 1.82) is 0 Å². The van der Waals surface area contributed by atoms with Gasteiger partial charge in [0.1, 0.15) is 0 Å². The van der Waals surface area contributed by atoms with Gasteiger partial charge in [0.25, 0.3) is 0 Å². The van der Waals surface area contributed by atoms with Crippen molar-refractivity contribution in [3.05, 3.63) is 63.5 Å². The molecule has 21 heavy (non-hydrogen) atoms. The molecule has 5 heteroatoms. The topological polar surface area (TPSA) is 24.1 Å². The molecule has 0 fully saturated rings. The van der Waals surface area contributed by atoms with Crippen LogP contribution in [0.1, 0.15) is 0 Å². The van der Waals surface area contributed by atoms with Crippen molar-refractivity contribution < 1.29 is 0 Å². The molecular weight excluding hydrogens is 391 g/mol. The maximum Gasteiger partial charge on any atom is 0.406 e. The predicted molar refractivity (Wildman–Crippen MR) is 98.4 cm³/mol. The fraction of sp³-hybridized carbons (Fsp3) is 0. The first kappa shape index (κ1) is 13.2. The van der Waals surface area contributed by atoms with Gasteiger partial charge in [0.15, 0.2) is 0 Å². The molecule has 0 bridgehead atoms. The normalized spacial score (nSPS) is 13.0. The van der Waals surface area contributed by atoms with Crippen molar-refractivity contribution in [2.75, 3.05) is 10.5 Å². The highest BCUT2D eigenvalue weighted by molar-refractivity contribution is 9.11. The van der Waals surface area contributed by atoms with Gasteiger partial charge >= 0.3 is 6.98 Å². The van der Waals surface area contributed by atoms with Crippen LogP contribution in [0.3, 0.4) is 0 Å². The van der Waals surface area contributed by atoms with Gasteiger partial charge in [-0.2, -0.15) is 0 Å². The van der Waals surface area contributed by atoms with Crippen molar-refractivity contribution in [1.82, 2.24) is 0 Å². The molecule has 1 aliphatic heterocycles. The van der Waals surface area contributed by atoms with Gasteiger partial charge in [0.05, 0.1) is 0 Å². The minimum absolute atomic E-state index is 0.0549. The molecule has 0 saturated heterocycles. The van der Waals surface area contributed by atoms with E-state index in [1.165, 1.54) is 27.6 Å². The third kappa shape index (κ3) is 2.34. The maximum absolute atomic E-state index is 3.58. The summed E-state index contributed by atoms with van der Waals surface area (Å²) >= 11 is 7.11. The van der Waals surface area contributed by atoms with Crippen LogP contribution >= 0.6 is 31.9 Å². The Morgan fingerprint density at radius 2 is 1.33 bits per heavy atom. The molecule has 1 aliphatic rings. The fourth-order valence-corrected chi connectivity index (χ4v) is 4.17. The fourth-order valence-electron chi connectivity index (χ4n) is 2.84. The molecule has 0 spiro atoms. The molecule has 0 unspecified atom stereocenters. The molecule has 1 heterocycles. The van der Waals surface area contributed by atoms with E-state index in [9.17, 15) is 0 Å². The van der Waals surface area contributed by atoms with Gasteiger partial charge in [-0.25, -0.2) is 0 Å². The van der Waals surface area contributed by atoms with Crippen LogP contribution in [-0.2, 0) is 0 Å². The Kier molecular flexibility index (Phi) is 3.19. The second-order valence-electron chi connectivity index (χ2n) is 5.13. The molecule has 102 valence electrons. The average molecular weight is 402 g/mol. The Labute approximate surface area is 140 Å². The van der Waals surface area contributed by atoms with Gasteiger partial charge in [-0.05, 0) is 41.2 Å². The lowest BCUT2D eigenvalue weighted by Gasteiger charge is -2.27. The first-order valence-electron chi connectivity index (χ1n) is 6.71. The summed E-state index contributed by atoms with van der Waals surface area (Å²) in [6.07, 6.45) is 0. The second-order valence-corrected chi connectivity index (χ2v) is 6.97. The van der Waals surface area contributed by atoms with Crippen molar-refractivity contribution in [2.45, 2.75) is 0 Å². The highest BCUT2D eigenvalue weighted by Gasteiger charge is 2.25. The molecule has 2 N–H and O–H groups in total.